The van der Waals surface area contributed by atoms with Crippen molar-refractivity contribution in [1.82, 2.24) is 0 Å². The van der Waals surface area contributed by atoms with E-state index in [0.29, 0.717) is 0 Å². The maximum absolute atomic E-state index is 5.40. The quantitative estimate of drug-likeness (QED) is 0.577. The molecule has 1 aromatic carbocycles. The molecule has 0 aromatic heterocycles. The lowest BCUT2D eigenvalue weighted by Crippen LogP contribution is -1.90. The summed E-state index contributed by atoms with van der Waals surface area (Å²) in [6, 6.07) is 6.06. The van der Waals surface area contributed by atoms with Gasteiger partial charge in [0.05, 0.1) is 0 Å². The van der Waals surface area contributed by atoms with Crippen LogP contribution in [-0.2, 0) is 6.42 Å². The molecule has 60 valence electrons. The first-order chi connectivity index (χ1) is 5.83. The highest BCUT2D eigenvalue weighted by molar-refractivity contribution is 5.60. The molecule has 0 saturated heterocycles. The summed E-state index contributed by atoms with van der Waals surface area (Å²) >= 11 is 0. The zero-order chi connectivity index (χ0) is 8.97. The molecule has 12 heavy (non-hydrogen) atoms. The molecule has 0 bridgehead atoms. The van der Waals surface area contributed by atoms with Gasteiger partial charge in [-0.25, -0.2) is 0 Å². The maximum atomic E-state index is 5.40. The number of hydrogen-bond acceptors (Lipinski definition) is 0. The molecule has 0 fully saturated rings. The summed E-state index contributed by atoms with van der Waals surface area (Å²) in [4.78, 5) is 0. The minimum atomic E-state index is 0.973. The summed E-state index contributed by atoms with van der Waals surface area (Å²) in [5.41, 5.74) is 3.25. The monoisotopic (exact) mass is 156 g/mol. The van der Waals surface area contributed by atoms with Gasteiger partial charge >= 0.3 is 0 Å². The first-order valence-electron chi connectivity index (χ1n) is 4.04. The summed E-state index contributed by atoms with van der Waals surface area (Å²) in [7, 11) is 0. The predicted octanol–water partition coefficient (Wildman–Crippen LogP) is 2.87. The number of benzene rings is 1. The Morgan fingerprint density at radius 2 is 2.33 bits per heavy atom. The van der Waals surface area contributed by atoms with Crippen LogP contribution in [0.5, 0.6) is 0 Å². The van der Waals surface area contributed by atoms with Gasteiger partial charge in [0.1, 0.15) is 0 Å². The van der Waals surface area contributed by atoms with Gasteiger partial charge in [0.15, 0.2) is 0 Å². The summed E-state index contributed by atoms with van der Waals surface area (Å²) in [6.45, 7) is 5.82. The zero-order valence-electron chi connectivity index (χ0n) is 7.30. The predicted molar refractivity (Wildman–Crippen MR) is 53.8 cm³/mol. The number of rotatable bonds is 2. The molecular formula is C12H12. The Balaban J connectivity index is 3.34. The van der Waals surface area contributed by atoms with Crippen LogP contribution in [0.4, 0.5) is 0 Å². The second kappa shape index (κ2) is 3.78. The van der Waals surface area contributed by atoms with Crippen LogP contribution < -0.4 is 0 Å². The van der Waals surface area contributed by atoms with Gasteiger partial charge in [0.2, 0.25) is 0 Å². The van der Waals surface area contributed by atoms with Gasteiger partial charge in [0, 0.05) is 5.56 Å². The Morgan fingerprint density at radius 1 is 1.58 bits per heavy atom. The van der Waals surface area contributed by atoms with Gasteiger partial charge in [0.25, 0.3) is 0 Å². The molecule has 0 radical (unpaired) electrons. The van der Waals surface area contributed by atoms with Crippen LogP contribution in [0.2, 0.25) is 0 Å². The normalized spacial score (nSPS) is 9.00. The topological polar surface area (TPSA) is 0 Å². The van der Waals surface area contributed by atoms with Crippen molar-refractivity contribution in [3.05, 3.63) is 41.5 Å². The molecule has 0 aliphatic heterocycles. The molecule has 0 atom stereocenters. The number of terminal acetylenes is 1. The fourth-order valence-corrected chi connectivity index (χ4v) is 1.26. The highest BCUT2D eigenvalue weighted by atomic mass is 14.0. The molecule has 0 N–H and O–H groups in total. The Bertz CT molecular complexity index is 326. The molecule has 0 heteroatoms. The third-order valence-electron chi connectivity index (χ3n) is 1.93. The molecule has 0 heterocycles. The van der Waals surface area contributed by atoms with Crippen molar-refractivity contribution in [2.75, 3.05) is 0 Å². The van der Waals surface area contributed by atoms with Crippen LogP contribution in [-0.4, -0.2) is 0 Å². The van der Waals surface area contributed by atoms with Crippen molar-refractivity contribution in [2.24, 2.45) is 0 Å². The fourth-order valence-electron chi connectivity index (χ4n) is 1.26. The maximum Gasteiger partial charge on any atom is 0.0346 e. The van der Waals surface area contributed by atoms with Gasteiger partial charge in [-0.1, -0.05) is 43.7 Å². The van der Waals surface area contributed by atoms with Crippen LogP contribution in [0.15, 0.2) is 24.8 Å². The van der Waals surface area contributed by atoms with Gasteiger partial charge in [-0.05, 0) is 17.5 Å². The van der Waals surface area contributed by atoms with Crippen LogP contribution in [0.1, 0.15) is 23.6 Å². The minimum absolute atomic E-state index is 0.973. The van der Waals surface area contributed by atoms with Crippen LogP contribution >= 0.6 is 0 Å². The molecule has 0 nitrogen and oxygen atoms in total. The molecular weight excluding hydrogens is 144 g/mol. The molecule has 0 saturated carbocycles. The van der Waals surface area contributed by atoms with Crippen LogP contribution in [0.3, 0.4) is 0 Å². The highest BCUT2D eigenvalue weighted by Crippen LogP contribution is 2.15. The minimum Gasteiger partial charge on any atom is -0.115 e. The summed E-state index contributed by atoms with van der Waals surface area (Å²) in [5.74, 6) is 2.69. The van der Waals surface area contributed by atoms with E-state index in [9.17, 15) is 0 Å². The Hall–Kier alpha value is -1.48. The standard InChI is InChI=1S/C12H12/c1-4-10-8-7-9-11(5-2)12(10)6-3/h3-4,7-9H,1,5H2,2H3. The van der Waals surface area contributed by atoms with Gasteiger partial charge in [-0.3, -0.25) is 0 Å². The van der Waals surface area contributed by atoms with Crippen molar-refractivity contribution in [1.29, 1.82) is 0 Å². The average molecular weight is 156 g/mol. The molecule has 0 aliphatic rings. The lowest BCUT2D eigenvalue weighted by molar-refractivity contribution is 1.13. The van der Waals surface area contributed by atoms with E-state index in [-0.39, 0.29) is 0 Å². The summed E-state index contributed by atoms with van der Waals surface area (Å²) in [5, 5.41) is 0. The first kappa shape index (κ1) is 8.62. The van der Waals surface area contributed by atoms with Gasteiger partial charge < -0.3 is 0 Å². The van der Waals surface area contributed by atoms with Crippen molar-refractivity contribution in [3.63, 3.8) is 0 Å². The summed E-state index contributed by atoms with van der Waals surface area (Å²) < 4.78 is 0. The van der Waals surface area contributed by atoms with E-state index in [0.717, 1.165) is 17.5 Å². The average Bonchev–Trinajstić information content (AvgIpc) is 2.16. The first-order valence-corrected chi connectivity index (χ1v) is 4.04. The van der Waals surface area contributed by atoms with Gasteiger partial charge in [-0.2, -0.15) is 0 Å². The van der Waals surface area contributed by atoms with Crippen molar-refractivity contribution in [2.45, 2.75) is 13.3 Å². The van der Waals surface area contributed by atoms with Crippen LogP contribution in [0, 0.1) is 12.3 Å². The zero-order valence-corrected chi connectivity index (χ0v) is 7.30. The molecule has 1 rings (SSSR count). The van der Waals surface area contributed by atoms with E-state index in [2.05, 4.69) is 25.5 Å². The van der Waals surface area contributed by atoms with Crippen LogP contribution in [0.25, 0.3) is 6.08 Å². The van der Waals surface area contributed by atoms with E-state index < -0.39 is 0 Å². The molecule has 0 aliphatic carbocycles. The fraction of sp³-hybridized carbons (Fsp3) is 0.167. The Kier molecular flexibility index (Phi) is 2.71. The van der Waals surface area contributed by atoms with E-state index >= 15 is 0 Å². The highest BCUT2D eigenvalue weighted by Gasteiger charge is 2.00. The van der Waals surface area contributed by atoms with E-state index in [4.69, 9.17) is 6.42 Å². The lowest BCUT2D eigenvalue weighted by atomic mass is 10.00. The largest absolute Gasteiger partial charge is 0.115 e. The molecule has 0 spiro atoms. The molecule has 0 amide bonds. The molecule has 0 unspecified atom stereocenters. The van der Waals surface area contributed by atoms with Gasteiger partial charge in [-0.15, -0.1) is 6.42 Å². The lowest BCUT2D eigenvalue weighted by Gasteiger charge is -2.04. The summed E-state index contributed by atoms with van der Waals surface area (Å²) in [6.07, 6.45) is 8.18. The Morgan fingerprint density at radius 3 is 2.83 bits per heavy atom. The Labute approximate surface area is 73.9 Å². The second-order valence-corrected chi connectivity index (χ2v) is 2.58. The van der Waals surface area contributed by atoms with E-state index in [1.807, 2.05) is 12.1 Å². The number of aryl methyl sites for hydroxylation is 1. The van der Waals surface area contributed by atoms with E-state index in [1.54, 1.807) is 6.08 Å². The van der Waals surface area contributed by atoms with E-state index in [1.165, 1.54) is 5.56 Å². The SMILES string of the molecule is C#Cc1c(C=C)cccc1CC. The second-order valence-electron chi connectivity index (χ2n) is 2.58. The number of hydrogen-bond donors (Lipinski definition) is 0. The van der Waals surface area contributed by atoms with Crippen molar-refractivity contribution in [3.8, 4) is 12.3 Å². The van der Waals surface area contributed by atoms with Crippen molar-refractivity contribution < 1.29 is 0 Å². The molecule has 1 aromatic rings. The third-order valence-corrected chi connectivity index (χ3v) is 1.93. The van der Waals surface area contributed by atoms with Crippen molar-refractivity contribution >= 4 is 6.08 Å². The third kappa shape index (κ3) is 1.40. The smallest absolute Gasteiger partial charge is 0.0346 e.